The first-order valence-corrected chi connectivity index (χ1v) is 8.20. The Labute approximate surface area is 131 Å². The minimum absolute atomic E-state index is 0.0637. The van der Waals surface area contributed by atoms with Gasteiger partial charge in [-0.15, -0.1) is 0 Å². The van der Waals surface area contributed by atoms with Crippen LogP contribution in [0.1, 0.15) is 50.0 Å². The third-order valence-electron chi connectivity index (χ3n) is 4.44. The third kappa shape index (κ3) is 4.11. The summed E-state index contributed by atoms with van der Waals surface area (Å²) in [5, 5.41) is 11.5. The molecule has 1 aliphatic rings. The van der Waals surface area contributed by atoms with Crippen LogP contribution >= 0.6 is 23.2 Å². The molecule has 2 nitrogen and oxygen atoms in total. The Morgan fingerprint density at radius 2 is 1.90 bits per heavy atom. The quantitative estimate of drug-likeness (QED) is 0.819. The second-order valence-electron chi connectivity index (χ2n) is 5.81. The van der Waals surface area contributed by atoms with Crippen LogP contribution < -0.4 is 5.73 Å². The van der Waals surface area contributed by atoms with Crippen LogP contribution in [0.2, 0.25) is 10.0 Å². The number of halogens is 2. The molecule has 0 aromatic heterocycles. The molecule has 0 aliphatic heterocycles. The molecule has 20 heavy (non-hydrogen) atoms. The van der Waals surface area contributed by atoms with Crippen LogP contribution in [0.15, 0.2) is 18.2 Å². The number of rotatable bonds is 6. The number of hydrogen-bond donors (Lipinski definition) is 2. The van der Waals surface area contributed by atoms with Crippen molar-refractivity contribution < 1.29 is 5.11 Å². The maximum atomic E-state index is 10.4. The smallest absolute Gasteiger partial charge is 0.0621 e. The van der Waals surface area contributed by atoms with Crippen molar-refractivity contribution in [2.45, 2.75) is 50.5 Å². The van der Waals surface area contributed by atoms with Gasteiger partial charge in [-0.1, -0.05) is 55.0 Å². The van der Waals surface area contributed by atoms with Gasteiger partial charge in [0.15, 0.2) is 0 Å². The molecule has 1 aromatic carbocycles. The van der Waals surface area contributed by atoms with Gasteiger partial charge in [0.2, 0.25) is 0 Å². The lowest BCUT2D eigenvalue weighted by molar-refractivity contribution is 0.127. The lowest BCUT2D eigenvalue weighted by atomic mass is 9.88. The standard InChI is InChI=1S/C16H23Cl2NO/c17-14-7-6-12(9-15(14)18)13(10-19)16(20)8-5-11-3-1-2-4-11/h6-7,9,11,13,16,20H,1-5,8,10,19H2. The van der Waals surface area contributed by atoms with E-state index >= 15 is 0 Å². The molecule has 0 bridgehead atoms. The van der Waals surface area contributed by atoms with Gasteiger partial charge in [0, 0.05) is 12.5 Å². The predicted octanol–water partition coefficient (Wildman–Crippen LogP) is 4.37. The van der Waals surface area contributed by atoms with E-state index in [2.05, 4.69) is 0 Å². The number of hydrogen-bond acceptors (Lipinski definition) is 2. The first kappa shape index (κ1) is 16.1. The highest BCUT2D eigenvalue weighted by Gasteiger charge is 2.23. The molecule has 0 amide bonds. The summed E-state index contributed by atoms with van der Waals surface area (Å²) in [6.07, 6.45) is 6.81. The van der Waals surface area contributed by atoms with Crippen LogP contribution in [0.3, 0.4) is 0 Å². The normalized spacial score (nSPS) is 19.2. The highest BCUT2D eigenvalue weighted by molar-refractivity contribution is 6.42. The van der Waals surface area contributed by atoms with Crippen molar-refractivity contribution >= 4 is 23.2 Å². The zero-order valence-electron chi connectivity index (χ0n) is 11.7. The number of aliphatic hydroxyl groups excluding tert-OH is 1. The second kappa shape index (κ2) is 7.65. The van der Waals surface area contributed by atoms with Crippen molar-refractivity contribution in [2.75, 3.05) is 6.54 Å². The molecule has 4 heteroatoms. The second-order valence-corrected chi connectivity index (χ2v) is 6.63. The van der Waals surface area contributed by atoms with Crippen LogP contribution in [0.5, 0.6) is 0 Å². The Kier molecular flexibility index (Phi) is 6.16. The molecule has 2 unspecified atom stereocenters. The summed E-state index contributed by atoms with van der Waals surface area (Å²) in [4.78, 5) is 0. The van der Waals surface area contributed by atoms with E-state index in [9.17, 15) is 5.11 Å². The zero-order chi connectivity index (χ0) is 14.5. The van der Waals surface area contributed by atoms with Crippen molar-refractivity contribution in [3.63, 3.8) is 0 Å². The number of benzene rings is 1. The van der Waals surface area contributed by atoms with Crippen LogP contribution in [0.4, 0.5) is 0 Å². The molecule has 0 radical (unpaired) electrons. The van der Waals surface area contributed by atoms with Crippen molar-refractivity contribution in [3.05, 3.63) is 33.8 Å². The van der Waals surface area contributed by atoms with E-state index in [0.717, 1.165) is 24.3 Å². The van der Waals surface area contributed by atoms with Crippen molar-refractivity contribution in [2.24, 2.45) is 11.7 Å². The average Bonchev–Trinajstić information content (AvgIpc) is 2.94. The summed E-state index contributed by atoms with van der Waals surface area (Å²) in [6, 6.07) is 5.50. The van der Waals surface area contributed by atoms with Gasteiger partial charge in [-0.25, -0.2) is 0 Å². The maximum Gasteiger partial charge on any atom is 0.0621 e. The highest BCUT2D eigenvalue weighted by Crippen LogP contribution is 2.32. The molecule has 1 aliphatic carbocycles. The summed E-state index contributed by atoms with van der Waals surface area (Å²) < 4.78 is 0. The fourth-order valence-electron chi connectivity index (χ4n) is 3.17. The number of aliphatic hydroxyl groups is 1. The summed E-state index contributed by atoms with van der Waals surface area (Å²) in [7, 11) is 0. The van der Waals surface area contributed by atoms with E-state index in [4.69, 9.17) is 28.9 Å². The minimum Gasteiger partial charge on any atom is -0.392 e. The zero-order valence-corrected chi connectivity index (χ0v) is 13.2. The monoisotopic (exact) mass is 315 g/mol. The van der Waals surface area contributed by atoms with Gasteiger partial charge in [0.1, 0.15) is 0 Å². The molecule has 3 N–H and O–H groups in total. The Hall–Kier alpha value is -0.280. The highest BCUT2D eigenvalue weighted by atomic mass is 35.5. The Morgan fingerprint density at radius 1 is 1.20 bits per heavy atom. The van der Waals surface area contributed by atoms with Crippen LogP contribution in [0.25, 0.3) is 0 Å². The summed E-state index contributed by atoms with van der Waals surface area (Å²) in [5.41, 5.74) is 6.81. The molecule has 0 spiro atoms. The summed E-state index contributed by atoms with van der Waals surface area (Å²) >= 11 is 12.0. The van der Waals surface area contributed by atoms with Gasteiger partial charge < -0.3 is 10.8 Å². The maximum absolute atomic E-state index is 10.4. The first-order valence-electron chi connectivity index (χ1n) is 7.45. The fourth-order valence-corrected chi connectivity index (χ4v) is 3.47. The molecule has 2 rings (SSSR count). The van der Waals surface area contributed by atoms with Gasteiger partial charge in [-0.2, -0.15) is 0 Å². The van der Waals surface area contributed by atoms with E-state index in [1.165, 1.54) is 25.7 Å². The minimum atomic E-state index is -0.405. The molecular weight excluding hydrogens is 293 g/mol. The van der Waals surface area contributed by atoms with Gasteiger partial charge in [-0.05, 0) is 36.5 Å². The third-order valence-corrected chi connectivity index (χ3v) is 5.17. The van der Waals surface area contributed by atoms with Crippen LogP contribution in [-0.2, 0) is 0 Å². The molecule has 1 fully saturated rings. The number of nitrogens with two attached hydrogens (primary N) is 1. The Morgan fingerprint density at radius 3 is 2.50 bits per heavy atom. The molecule has 2 atom stereocenters. The molecular formula is C16H23Cl2NO. The van der Waals surface area contributed by atoms with Gasteiger partial charge in [-0.3, -0.25) is 0 Å². The SMILES string of the molecule is NCC(c1ccc(Cl)c(Cl)c1)C(O)CCC1CCCC1. The predicted molar refractivity (Wildman–Crippen MR) is 85.5 cm³/mol. The van der Waals surface area contributed by atoms with E-state index in [1.807, 2.05) is 12.1 Å². The summed E-state index contributed by atoms with van der Waals surface area (Å²) in [5.74, 6) is 0.725. The Bertz CT molecular complexity index is 432. The van der Waals surface area contributed by atoms with Gasteiger partial charge in [0.25, 0.3) is 0 Å². The molecule has 0 saturated heterocycles. The topological polar surface area (TPSA) is 46.2 Å². The Balaban J connectivity index is 1.96. The molecule has 1 saturated carbocycles. The van der Waals surface area contributed by atoms with Gasteiger partial charge in [0.05, 0.1) is 16.1 Å². The lowest BCUT2D eigenvalue weighted by Gasteiger charge is -2.23. The van der Waals surface area contributed by atoms with E-state index in [-0.39, 0.29) is 5.92 Å². The molecule has 112 valence electrons. The fraction of sp³-hybridized carbons (Fsp3) is 0.625. The largest absolute Gasteiger partial charge is 0.392 e. The van der Waals surface area contributed by atoms with Crippen molar-refractivity contribution in [1.82, 2.24) is 0 Å². The van der Waals surface area contributed by atoms with Gasteiger partial charge >= 0.3 is 0 Å². The summed E-state index contributed by atoms with van der Waals surface area (Å²) in [6.45, 7) is 0.420. The van der Waals surface area contributed by atoms with E-state index < -0.39 is 6.10 Å². The molecule has 0 heterocycles. The van der Waals surface area contributed by atoms with Crippen molar-refractivity contribution in [1.29, 1.82) is 0 Å². The average molecular weight is 316 g/mol. The first-order chi connectivity index (χ1) is 9.61. The van der Waals surface area contributed by atoms with Crippen LogP contribution in [0, 0.1) is 5.92 Å². The van der Waals surface area contributed by atoms with Crippen LogP contribution in [-0.4, -0.2) is 17.8 Å². The van der Waals surface area contributed by atoms with E-state index in [0.29, 0.717) is 16.6 Å². The van der Waals surface area contributed by atoms with Crippen molar-refractivity contribution in [3.8, 4) is 0 Å². The molecule has 1 aromatic rings. The lowest BCUT2D eigenvalue weighted by Crippen LogP contribution is -2.26. The van der Waals surface area contributed by atoms with E-state index in [1.54, 1.807) is 6.07 Å².